The number of carbonyl (C=O) groups excluding carboxylic acids is 1. The quantitative estimate of drug-likeness (QED) is 0.915. The number of aryl methyl sites for hydroxylation is 1. The number of amides is 1. The number of fused-ring (bicyclic) bond motifs is 1. The summed E-state index contributed by atoms with van der Waals surface area (Å²) >= 11 is 0. The van der Waals surface area contributed by atoms with Crippen LogP contribution in [0.5, 0.6) is 0 Å². The summed E-state index contributed by atoms with van der Waals surface area (Å²) in [5.74, 6) is 0.0557. The minimum Gasteiger partial charge on any atom is -0.357 e. The van der Waals surface area contributed by atoms with Crippen LogP contribution in [0.15, 0.2) is 24.9 Å². The second-order valence-corrected chi connectivity index (χ2v) is 6.46. The van der Waals surface area contributed by atoms with Crippen molar-refractivity contribution in [2.45, 2.75) is 57.0 Å². The van der Waals surface area contributed by atoms with Gasteiger partial charge in [-0.25, -0.2) is 4.98 Å². The van der Waals surface area contributed by atoms with Gasteiger partial charge in [-0.05, 0) is 56.1 Å². The Balaban J connectivity index is 1.51. The fraction of sp³-hybridized carbons (Fsp3) is 0.529. The third kappa shape index (κ3) is 2.34. The van der Waals surface area contributed by atoms with E-state index in [1.807, 2.05) is 18.7 Å². The maximum atomic E-state index is 12.7. The zero-order chi connectivity index (χ0) is 14.9. The van der Waals surface area contributed by atoms with Crippen LogP contribution in [-0.2, 0) is 12.8 Å². The number of carbonyl (C=O) groups is 1. The van der Waals surface area contributed by atoms with Gasteiger partial charge in [0.1, 0.15) is 5.69 Å². The summed E-state index contributed by atoms with van der Waals surface area (Å²) in [6.45, 7) is 0. The molecule has 0 aliphatic heterocycles. The van der Waals surface area contributed by atoms with Crippen molar-refractivity contribution in [2.24, 2.45) is 0 Å². The van der Waals surface area contributed by atoms with E-state index in [0.717, 1.165) is 37.8 Å². The highest BCUT2D eigenvalue weighted by Crippen LogP contribution is 2.31. The molecule has 5 nitrogen and oxygen atoms in total. The first kappa shape index (κ1) is 13.6. The number of hydrogen-bond acceptors (Lipinski definition) is 2. The molecule has 0 unspecified atom stereocenters. The van der Waals surface area contributed by atoms with Crippen LogP contribution < -0.4 is 5.32 Å². The number of aromatic amines is 1. The lowest BCUT2D eigenvalue weighted by Crippen LogP contribution is -2.38. The van der Waals surface area contributed by atoms with Crippen molar-refractivity contribution in [1.82, 2.24) is 19.9 Å². The second kappa shape index (κ2) is 5.63. The van der Waals surface area contributed by atoms with E-state index in [0.29, 0.717) is 6.04 Å². The minimum absolute atomic E-state index is 0.0557. The molecule has 1 amide bonds. The van der Waals surface area contributed by atoms with Crippen LogP contribution >= 0.6 is 0 Å². The second-order valence-electron chi connectivity index (χ2n) is 6.46. The summed E-state index contributed by atoms with van der Waals surface area (Å²) in [6.07, 6.45) is 15.5. The van der Waals surface area contributed by atoms with Crippen molar-refractivity contribution in [3.8, 4) is 0 Å². The molecule has 2 aromatic heterocycles. The van der Waals surface area contributed by atoms with Crippen molar-refractivity contribution in [3.05, 3.63) is 41.7 Å². The van der Waals surface area contributed by atoms with Crippen LogP contribution in [-0.4, -0.2) is 26.5 Å². The van der Waals surface area contributed by atoms with Gasteiger partial charge in [0.2, 0.25) is 0 Å². The summed E-state index contributed by atoms with van der Waals surface area (Å²) in [4.78, 5) is 20.0. The molecule has 2 atom stereocenters. The molecule has 0 radical (unpaired) electrons. The zero-order valence-electron chi connectivity index (χ0n) is 12.7. The monoisotopic (exact) mass is 298 g/mol. The molecule has 5 heteroatoms. The number of nitrogens with zero attached hydrogens (tertiary/aromatic N) is 2. The Morgan fingerprint density at radius 3 is 3.05 bits per heavy atom. The number of aromatic nitrogens is 3. The number of nitrogens with one attached hydrogen (secondary N) is 2. The van der Waals surface area contributed by atoms with E-state index in [2.05, 4.69) is 19.9 Å². The maximum absolute atomic E-state index is 12.7. The van der Waals surface area contributed by atoms with Gasteiger partial charge in [-0.3, -0.25) is 4.79 Å². The Labute approximate surface area is 130 Å². The molecule has 1 saturated carbocycles. The molecule has 0 aromatic carbocycles. The lowest BCUT2D eigenvalue weighted by molar-refractivity contribution is 0.0923. The molecule has 22 heavy (non-hydrogen) atoms. The van der Waals surface area contributed by atoms with E-state index < -0.39 is 0 Å². The summed E-state index contributed by atoms with van der Waals surface area (Å²) in [6, 6.07) is 0.529. The smallest absolute Gasteiger partial charge is 0.268 e. The Kier molecular flexibility index (Phi) is 3.48. The number of imidazole rings is 1. The Hall–Kier alpha value is -2.04. The van der Waals surface area contributed by atoms with E-state index in [4.69, 9.17) is 0 Å². The van der Waals surface area contributed by atoms with Gasteiger partial charge >= 0.3 is 0 Å². The lowest BCUT2D eigenvalue weighted by Gasteiger charge is -2.22. The molecule has 2 aliphatic carbocycles. The predicted molar refractivity (Wildman–Crippen MR) is 83.8 cm³/mol. The van der Waals surface area contributed by atoms with Gasteiger partial charge in [0.15, 0.2) is 0 Å². The van der Waals surface area contributed by atoms with Crippen molar-refractivity contribution in [3.63, 3.8) is 0 Å². The van der Waals surface area contributed by atoms with Gasteiger partial charge in [-0.1, -0.05) is 0 Å². The van der Waals surface area contributed by atoms with E-state index >= 15 is 0 Å². The van der Waals surface area contributed by atoms with Crippen molar-refractivity contribution < 1.29 is 4.79 Å². The van der Waals surface area contributed by atoms with Crippen LogP contribution in [0, 0.1) is 0 Å². The van der Waals surface area contributed by atoms with Gasteiger partial charge in [0, 0.05) is 24.6 Å². The van der Waals surface area contributed by atoms with Crippen LogP contribution in [0.25, 0.3) is 0 Å². The molecule has 4 rings (SSSR count). The highest BCUT2D eigenvalue weighted by atomic mass is 16.2. The lowest BCUT2D eigenvalue weighted by atomic mass is 9.93. The first-order valence-electron chi connectivity index (χ1n) is 8.30. The van der Waals surface area contributed by atoms with Gasteiger partial charge < -0.3 is 14.9 Å². The third-order valence-corrected chi connectivity index (χ3v) is 5.13. The standard InChI is InChI=1S/C17H22N4O/c22-17(16-13-5-2-1-4-12(13)10-19-16)20-14-6-3-7-15(14)21-9-8-18-11-21/h8-11,14-15,19H,1-7H2,(H,20,22)/t14-,15+/m1/s1. The SMILES string of the molecule is O=C(N[C@@H]1CCC[C@@H]1n1ccnc1)c1[nH]cc2c1CCCC2. The maximum Gasteiger partial charge on any atom is 0.268 e. The number of hydrogen-bond donors (Lipinski definition) is 2. The molecule has 0 bridgehead atoms. The van der Waals surface area contributed by atoms with Gasteiger partial charge in [-0.2, -0.15) is 0 Å². The Bertz CT molecular complexity index is 658. The first-order valence-corrected chi connectivity index (χ1v) is 8.30. The molecule has 0 saturated heterocycles. The number of rotatable bonds is 3. The molecular formula is C17H22N4O. The van der Waals surface area contributed by atoms with Gasteiger partial charge in [0.25, 0.3) is 5.91 Å². The third-order valence-electron chi connectivity index (χ3n) is 5.13. The molecule has 1 fully saturated rings. The fourth-order valence-electron chi connectivity index (χ4n) is 3.99. The van der Waals surface area contributed by atoms with E-state index in [9.17, 15) is 4.79 Å². The molecule has 116 valence electrons. The van der Waals surface area contributed by atoms with Crippen LogP contribution in [0.4, 0.5) is 0 Å². The average Bonchev–Trinajstić information content (AvgIpc) is 3.27. The predicted octanol–water partition coefficient (Wildman–Crippen LogP) is 2.61. The molecule has 2 aliphatic rings. The van der Waals surface area contributed by atoms with Gasteiger partial charge in [0.05, 0.1) is 12.4 Å². The van der Waals surface area contributed by atoms with Crippen LogP contribution in [0.3, 0.4) is 0 Å². The van der Waals surface area contributed by atoms with Crippen molar-refractivity contribution in [1.29, 1.82) is 0 Å². The van der Waals surface area contributed by atoms with Gasteiger partial charge in [-0.15, -0.1) is 0 Å². The van der Waals surface area contributed by atoms with Crippen molar-refractivity contribution >= 4 is 5.91 Å². The average molecular weight is 298 g/mol. The molecular weight excluding hydrogens is 276 g/mol. The van der Waals surface area contributed by atoms with Crippen LogP contribution in [0.1, 0.15) is 59.8 Å². The summed E-state index contributed by atoms with van der Waals surface area (Å²) in [5.41, 5.74) is 3.35. The van der Waals surface area contributed by atoms with E-state index in [1.54, 1.807) is 6.20 Å². The molecule has 2 aromatic rings. The minimum atomic E-state index is 0.0557. The first-order chi connectivity index (χ1) is 10.8. The fourth-order valence-corrected chi connectivity index (χ4v) is 3.99. The molecule has 2 N–H and O–H groups in total. The summed E-state index contributed by atoms with van der Waals surface area (Å²) < 4.78 is 2.13. The Morgan fingerprint density at radius 1 is 1.27 bits per heavy atom. The normalized spacial score (nSPS) is 24.2. The van der Waals surface area contributed by atoms with E-state index in [-0.39, 0.29) is 11.9 Å². The molecule has 2 heterocycles. The Morgan fingerprint density at radius 2 is 2.18 bits per heavy atom. The van der Waals surface area contributed by atoms with E-state index in [1.165, 1.54) is 24.0 Å². The summed E-state index contributed by atoms with van der Waals surface area (Å²) in [7, 11) is 0. The van der Waals surface area contributed by atoms with Crippen LogP contribution in [0.2, 0.25) is 0 Å². The highest BCUT2D eigenvalue weighted by molar-refractivity contribution is 5.94. The summed E-state index contributed by atoms with van der Waals surface area (Å²) in [5, 5.41) is 3.25. The zero-order valence-corrected chi connectivity index (χ0v) is 12.7. The highest BCUT2D eigenvalue weighted by Gasteiger charge is 2.31. The topological polar surface area (TPSA) is 62.7 Å². The van der Waals surface area contributed by atoms with Crippen molar-refractivity contribution in [2.75, 3.05) is 0 Å². The molecule has 0 spiro atoms. The number of H-pyrrole nitrogens is 1. The largest absolute Gasteiger partial charge is 0.357 e.